The zero-order valence-electron chi connectivity index (χ0n) is 17.0. The van der Waals surface area contributed by atoms with E-state index >= 15 is 0 Å². The largest absolute Gasteiger partial charge is 0.370 e. The second-order valence-corrected chi connectivity index (χ2v) is 7.68. The van der Waals surface area contributed by atoms with Gasteiger partial charge in [-0.3, -0.25) is 14.3 Å². The van der Waals surface area contributed by atoms with Crippen LogP contribution in [0.5, 0.6) is 0 Å². The van der Waals surface area contributed by atoms with Gasteiger partial charge in [0.1, 0.15) is 0 Å². The number of aromatic nitrogens is 2. The Balaban J connectivity index is 1.81. The van der Waals surface area contributed by atoms with Crippen LogP contribution in [0.2, 0.25) is 0 Å². The highest BCUT2D eigenvalue weighted by atomic mass is 16.2. The van der Waals surface area contributed by atoms with Gasteiger partial charge >= 0.3 is 0 Å². The Morgan fingerprint density at radius 3 is 2.50 bits per heavy atom. The Morgan fingerprint density at radius 2 is 1.89 bits per heavy atom. The molecule has 2 N–H and O–H groups in total. The van der Waals surface area contributed by atoms with Gasteiger partial charge in [0.25, 0.3) is 5.91 Å². The van der Waals surface area contributed by atoms with E-state index in [4.69, 9.17) is 5.73 Å². The van der Waals surface area contributed by atoms with Gasteiger partial charge in [0.15, 0.2) is 0 Å². The lowest BCUT2D eigenvalue weighted by atomic mass is 10.0. The fourth-order valence-electron chi connectivity index (χ4n) is 3.83. The van der Waals surface area contributed by atoms with Gasteiger partial charge in [-0.1, -0.05) is 38.1 Å². The van der Waals surface area contributed by atoms with Crippen molar-refractivity contribution in [2.75, 3.05) is 6.54 Å². The van der Waals surface area contributed by atoms with E-state index in [-0.39, 0.29) is 24.3 Å². The minimum absolute atomic E-state index is 0.0563. The summed E-state index contributed by atoms with van der Waals surface area (Å²) in [5, 5.41) is 4.53. The number of primary amides is 1. The summed E-state index contributed by atoms with van der Waals surface area (Å²) in [6, 6.07) is 7.85. The van der Waals surface area contributed by atoms with E-state index in [9.17, 15) is 9.59 Å². The van der Waals surface area contributed by atoms with Crippen molar-refractivity contribution in [1.82, 2.24) is 14.7 Å². The molecule has 148 valence electrons. The lowest BCUT2D eigenvalue weighted by molar-refractivity contribution is -0.118. The molecule has 1 aromatic heterocycles. The highest BCUT2D eigenvalue weighted by Crippen LogP contribution is 2.28. The number of carbonyl (C=O) groups is 2. The number of carbonyl (C=O) groups excluding carboxylic acids is 2. The van der Waals surface area contributed by atoms with Crippen LogP contribution in [-0.2, 0) is 11.3 Å². The third-order valence-electron chi connectivity index (χ3n) is 5.31. The van der Waals surface area contributed by atoms with Crippen molar-refractivity contribution in [3.8, 4) is 11.1 Å². The minimum atomic E-state index is -0.340. The van der Waals surface area contributed by atoms with Crippen molar-refractivity contribution >= 4 is 11.8 Å². The van der Waals surface area contributed by atoms with Crippen molar-refractivity contribution < 1.29 is 9.59 Å². The SMILES string of the molecule is Cc1nn(CCC(N)=O)c(C)c1-c1ccc(C(=O)N2CC=C[C@@H]2C(C)C)cc1. The van der Waals surface area contributed by atoms with E-state index in [2.05, 4.69) is 31.1 Å². The monoisotopic (exact) mass is 380 g/mol. The molecule has 6 heteroatoms. The van der Waals surface area contributed by atoms with Crippen LogP contribution >= 0.6 is 0 Å². The van der Waals surface area contributed by atoms with Gasteiger partial charge in [-0.05, 0) is 37.5 Å². The fourth-order valence-corrected chi connectivity index (χ4v) is 3.83. The quantitative estimate of drug-likeness (QED) is 0.782. The van der Waals surface area contributed by atoms with Crippen LogP contribution in [-0.4, -0.2) is 39.1 Å². The lowest BCUT2D eigenvalue weighted by Crippen LogP contribution is -2.38. The van der Waals surface area contributed by atoms with E-state index in [0.29, 0.717) is 24.6 Å². The summed E-state index contributed by atoms with van der Waals surface area (Å²) in [4.78, 5) is 25.9. The Bertz CT molecular complexity index is 909. The average Bonchev–Trinajstić information content (AvgIpc) is 3.24. The first-order valence-electron chi connectivity index (χ1n) is 9.70. The Morgan fingerprint density at radius 1 is 1.21 bits per heavy atom. The third kappa shape index (κ3) is 3.86. The summed E-state index contributed by atoms with van der Waals surface area (Å²) in [6.07, 6.45) is 4.43. The molecule has 0 saturated heterocycles. The summed E-state index contributed by atoms with van der Waals surface area (Å²) >= 11 is 0. The molecule has 0 fully saturated rings. The van der Waals surface area contributed by atoms with E-state index in [1.165, 1.54) is 0 Å². The maximum absolute atomic E-state index is 12.9. The zero-order valence-corrected chi connectivity index (χ0v) is 17.0. The molecule has 3 rings (SSSR count). The fraction of sp³-hybridized carbons (Fsp3) is 0.409. The van der Waals surface area contributed by atoms with Crippen LogP contribution in [0.4, 0.5) is 0 Å². The standard InChI is InChI=1S/C22H28N4O2/c1-14(2)19-6-5-12-25(19)22(28)18-9-7-17(8-10-18)21-15(3)24-26(16(21)4)13-11-20(23)27/h5-10,14,19H,11-13H2,1-4H3,(H2,23,27)/t19-/m1/s1. The molecular weight excluding hydrogens is 352 g/mol. The number of hydrogen-bond donors (Lipinski definition) is 1. The molecule has 6 nitrogen and oxygen atoms in total. The number of amides is 2. The van der Waals surface area contributed by atoms with Crippen molar-refractivity contribution in [3.63, 3.8) is 0 Å². The minimum Gasteiger partial charge on any atom is -0.370 e. The molecule has 2 amide bonds. The number of rotatable bonds is 6. The zero-order chi connectivity index (χ0) is 20.4. The van der Waals surface area contributed by atoms with Crippen LogP contribution in [0.25, 0.3) is 11.1 Å². The number of hydrogen-bond acceptors (Lipinski definition) is 3. The van der Waals surface area contributed by atoms with Crippen LogP contribution < -0.4 is 5.73 Å². The molecular formula is C22H28N4O2. The van der Waals surface area contributed by atoms with Crippen molar-refractivity contribution in [3.05, 3.63) is 53.4 Å². The first-order chi connectivity index (χ1) is 13.3. The smallest absolute Gasteiger partial charge is 0.254 e. The van der Waals surface area contributed by atoms with E-state index in [1.54, 1.807) is 0 Å². The summed E-state index contributed by atoms with van der Waals surface area (Å²) in [6.45, 7) is 9.32. The molecule has 0 spiro atoms. The van der Waals surface area contributed by atoms with Crippen LogP contribution in [0, 0.1) is 19.8 Å². The number of aryl methyl sites for hydroxylation is 2. The predicted molar refractivity (Wildman–Crippen MR) is 110 cm³/mol. The van der Waals surface area contributed by atoms with Gasteiger partial charge in [0.05, 0.1) is 11.7 Å². The molecule has 0 bridgehead atoms. The van der Waals surface area contributed by atoms with Crippen molar-refractivity contribution in [2.24, 2.45) is 11.7 Å². The highest BCUT2D eigenvalue weighted by Gasteiger charge is 2.27. The molecule has 2 heterocycles. The third-order valence-corrected chi connectivity index (χ3v) is 5.31. The predicted octanol–water partition coefficient (Wildman–Crippen LogP) is 3.08. The maximum Gasteiger partial charge on any atom is 0.254 e. The second-order valence-electron chi connectivity index (χ2n) is 7.68. The first-order valence-corrected chi connectivity index (χ1v) is 9.70. The maximum atomic E-state index is 12.9. The molecule has 1 aliphatic heterocycles. The van der Waals surface area contributed by atoms with Gasteiger partial charge in [-0.25, -0.2) is 0 Å². The van der Waals surface area contributed by atoms with Crippen LogP contribution in [0.15, 0.2) is 36.4 Å². The Hall–Kier alpha value is -2.89. The van der Waals surface area contributed by atoms with E-state index in [1.807, 2.05) is 47.7 Å². The first kappa shape index (κ1) is 19.9. The number of nitrogens with zero attached hydrogens (tertiary/aromatic N) is 3. The Labute approximate surface area is 166 Å². The molecule has 0 aliphatic carbocycles. The van der Waals surface area contributed by atoms with Gasteiger partial charge < -0.3 is 10.6 Å². The normalized spacial score (nSPS) is 16.2. The summed E-state index contributed by atoms with van der Waals surface area (Å²) in [7, 11) is 0. The molecule has 2 aromatic rings. The van der Waals surface area contributed by atoms with Crippen molar-refractivity contribution in [1.29, 1.82) is 0 Å². The van der Waals surface area contributed by atoms with Gasteiger partial charge in [0.2, 0.25) is 5.91 Å². The summed E-state index contributed by atoms with van der Waals surface area (Å²) in [5.74, 6) is 0.104. The Kier molecular flexibility index (Phi) is 5.68. The molecule has 1 aromatic carbocycles. The second kappa shape index (κ2) is 8.00. The molecule has 0 saturated carbocycles. The number of benzene rings is 1. The summed E-state index contributed by atoms with van der Waals surface area (Å²) in [5.41, 5.74) is 9.87. The van der Waals surface area contributed by atoms with Crippen molar-refractivity contribution in [2.45, 2.75) is 46.7 Å². The van der Waals surface area contributed by atoms with Gasteiger partial charge in [-0.2, -0.15) is 5.10 Å². The molecule has 0 unspecified atom stereocenters. The van der Waals surface area contributed by atoms with Crippen LogP contribution in [0.3, 0.4) is 0 Å². The van der Waals surface area contributed by atoms with E-state index in [0.717, 1.165) is 22.5 Å². The molecule has 28 heavy (non-hydrogen) atoms. The highest BCUT2D eigenvalue weighted by molar-refractivity contribution is 5.95. The lowest BCUT2D eigenvalue weighted by Gasteiger charge is -2.27. The average molecular weight is 380 g/mol. The summed E-state index contributed by atoms with van der Waals surface area (Å²) < 4.78 is 1.82. The number of nitrogens with two attached hydrogens (primary N) is 1. The topological polar surface area (TPSA) is 81.2 Å². The molecule has 1 atom stereocenters. The van der Waals surface area contributed by atoms with Crippen LogP contribution in [0.1, 0.15) is 42.0 Å². The van der Waals surface area contributed by atoms with E-state index < -0.39 is 0 Å². The van der Waals surface area contributed by atoms with Gasteiger partial charge in [-0.15, -0.1) is 0 Å². The van der Waals surface area contributed by atoms with Gasteiger partial charge in [0, 0.05) is 36.3 Å². The molecule has 1 aliphatic rings. The molecule has 0 radical (unpaired) electrons.